The summed E-state index contributed by atoms with van der Waals surface area (Å²) >= 11 is 13.0. The molecule has 0 spiro atoms. The second kappa shape index (κ2) is 14.7. The van der Waals surface area contributed by atoms with E-state index in [0.29, 0.717) is 34.6 Å². The average molecular weight is 704 g/mol. The highest BCUT2D eigenvalue weighted by molar-refractivity contribution is 7.88. The molecule has 2 aliphatic rings. The number of amides is 2. The molecule has 14 heteroatoms. The van der Waals surface area contributed by atoms with Gasteiger partial charge in [-0.2, -0.15) is 0 Å². The number of carbonyl (C=O) groups is 3. The molecule has 0 aromatic heterocycles. The molecular weight excluding hydrogens is 667 g/mol. The van der Waals surface area contributed by atoms with Crippen molar-refractivity contribution in [2.75, 3.05) is 13.4 Å². The molecule has 2 amide bonds. The molecule has 3 aromatic rings. The van der Waals surface area contributed by atoms with Gasteiger partial charge in [0.1, 0.15) is 0 Å². The third kappa shape index (κ3) is 7.64. The Bertz CT molecular complexity index is 1760. The van der Waals surface area contributed by atoms with Crippen molar-refractivity contribution in [2.45, 2.75) is 62.8 Å². The summed E-state index contributed by atoms with van der Waals surface area (Å²) in [5.41, 5.74) is 5.33. The largest absolute Gasteiger partial charge is 0.469 e. The molecule has 250 valence electrons. The minimum atomic E-state index is -3.82. The molecule has 5 rings (SSSR count). The van der Waals surface area contributed by atoms with E-state index in [-0.39, 0.29) is 29.9 Å². The SMILES string of the molecule is COC(=O)Cc1ccc(CONC(=O)[C@@H]2c3ccccc3C(=O)N([C@H]3CCCC[C@@H]3N(N)S(C)(=O)=O)[C@H]2c2ccc(Cl)cc2Cl)cc1. The molecule has 47 heavy (non-hydrogen) atoms. The minimum Gasteiger partial charge on any atom is -0.469 e. The van der Waals surface area contributed by atoms with Gasteiger partial charge in [0.15, 0.2) is 0 Å². The Labute approximate surface area is 283 Å². The van der Waals surface area contributed by atoms with Crippen molar-refractivity contribution in [3.8, 4) is 0 Å². The number of nitrogens with one attached hydrogen (secondary N) is 1. The summed E-state index contributed by atoms with van der Waals surface area (Å²) in [4.78, 5) is 47.5. The number of esters is 1. The highest BCUT2D eigenvalue weighted by atomic mass is 35.5. The van der Waals surface area contributed by atoms with Crippen LogP contribution in [0, 0.1) is 0 Å². The zero-order valence-corrected chi connectivity index (χ0v) is 28.2. The normalized spacial score (nSPS) is 21.3. The van der Waals surface area contributed by atoms with E-state index < -0.39 is 40.0 Å². The van der Waals surface area contributed by atoms with E-state index in [4.69, 9.17) is 38.6 Å². The number of sulfonamides is 1. The van der Waals surface area contributed by atoms with Crippen molar-refractivity contribution >= 4 is 51.0 Å². The number of hydrazine groups is 1. The number of hydroxylamine groups is 1. The van der Waals surface area contributed by atoms with Crippen molar-refractivity contribution < 1.29 is 32.4 Å². The van der Waals surface area contributed by atoms with Gasteiger partial charge in [-0.25, -0.2) is 13.9 Å². The lowest BCUT2D eigenvalue weighted by Crippen LogP contribution is -2.61. The maximum Gasteiger partial charge on any atom is 0.309 e. The van der Waals surface area contributed by atoms with Crippen molar-refractivity contribution in [3.05, 3.63) is 105 Å². The van der Waals surface area contributed by atoms with E-state index in [0.717, 1.165) is 34.6 Å². The van der Waals surface area contributed by atoms with E-state index in [9.17, 15) is 22.8 Å². The van der Waals surface area contributed by atoms with Crippen LogP contribution in [0.5, 0.6) is 0 Å². The number of ether oxygens (including phenoxy) is 1. The Kier molecular flexibility index (Phi) is 10.9. The fraction of sp³-hybridized carbons (Fsp3) is 0.364. The Balaban J connectivity index is 1.52. The number of rotatable bonds is 10. The van der Waals surface area contributed by atoms with E-state index in [2.05, 4.69) is 5.48 Å². The smallest absolute Gasteiger partial charge is 0.309 e. The number of hydrogen-bond donors (Lipinski definition) is 2. The van der Waals surface area contributed by atoms with Gasteiger partial charge < -0.3 is 9.64 Å². The number of halogens is 2. The van der Waals surface area contributed by atoms with Crippen molar-refractivity contribution in [3.63, 3.8) is 0 Å². The molecule has 3 N–H and O–H groups in total. The summed E-state index contributed by atoms with van der Waals surface area (Å²) < 4.78 is 30.8. The fourth-order valence-corrected chi connectivity index (χ4v) is 7.73. The van der Waals surface area contributed by atoms with Crippen LogP contribution in [-0.4, -0.2) is 61.0 Å². The molecule has 0 saturated heterocycles. The average Bonchev–Trinajstić information content (AvgIpc) is 3.04. The molecule has 0 radical (unpaired) electrons. The van der Waals surface area contributed by atoms with Crippen LogP contribution in [0.1, 0.15) is 70.3 Å². The van der Waals surface area contributed by atoms with E-state index >= 15 is 0 Å². The monoisotopic (exact) mass is 702 g/mol. The summed E-state index contributed by atoms with van der Waals surface area (Å²) in [5.74, 6) is 3.93. The molecule has 1 heterocycles. The van der Waals surface area contributed by atoms with Crippen molar-refractivity contribution in [1.82, 2.24) is 14.8 Å². The molecule has 0 bridgehead atoms. The Morgan fingerprint density at radius 1 is 1.00 bits per heavy atom. The standard InChI is InChI=1S/C33H36Cl2N4O7S/c1-45-29(40)17-20-11-13-21(14-12-20)19-46-37-32(41)30-23-7-3-4-8-24(23)33(42)38(31(30)25-16-15-22(34)18-26(25)35)27-9-5-6-10-28(27)39(36)47(2,43)44/h3-4,7-8,11-16,18,27-28,30-31H,5-6,9-10,17,19,36H2,1-2H3,(H,37,41)/t27-,28-,30+,31-/m0/s1. The first kappa shape index (κ1) is 34.8. The molecule has 4 atom stereocenters. The Morgan fingerprint density at radius 3 is 2.36 bits per heavy atom. The first-order chi connectivity index (χ1) is 22.4. The van der Waals surface area contributed by atoms with Crippen molar-refractivity contribution in [1.29, 1.82) is 0 Å². The van der Waals surface area contributed by atoms with Gasteiger partial charge >= 0.3 is 5.97 Å². The van der Waals surface area contributed by atoms with E-state index in [1.807, 2.05) is 0 Å². The summed E-state index contributed by atoms with van der Waals surface area (Å²) in [6, 6.07) is 16.4. The third-order valence-electron chi connectivity index (χ3n) is 8.71. The van der Waals surface area contributed by atoms with Gasteiger partial charge in [0.05, 0.1) is 50.4 Å². The maximum absolute atomic E-state index is 14.4. The van der Waals surface area contributed by atoms with Crippen LogP contribution in [0.15, 0.2) is 66.7 Å². The lowest BCUT2D eigenvalue weighted by Gasteiger charge is -2.50. The van der Waals surface area contributed by atoms with Gasteiger partial charge in [-0.05, 0) is 53.3 Å². The van der Waals surface area contributed by atoms with Crippen LogP contribution >= 0.6 is 23.2 Å². The fourth-order valence-electron chi connectivity index (χ4n) is 6.48. The first-order valence-electron chi connectivity index (χ1n) is 15.1. The zero-order valence-electron chi connectivity index (χ0n) is 25.9. The molecular formula is C33H36Cl2N4O7S. The van der Waals surface area contributed by atoms with Gasteiger partial charge in [0, 0.05) is 15.6 Å². The predicted octanol–water partition coefficient (Wildman–Crippen LogP) is 4.68. The lowest BCUT2D eigenvalue weighted by atomic mass is 9.76. The van der Waals surface area contributed by atoms with Gasteiger partial charge in [0.25, 0.3) is 11.8 Å². The van der Waals surface area contributed by atoms with Crippen LogP contribution in [0.3, 0.4) is 0 Å². The number of nitrogens with zero attached hydrogens (tertiary/aromatic N) is 2. The summed E-state index contributed by atoms with van der Waals surface area (Å²) in [7, 11) is -2.49. The third-order valence-corrected chi connectivity index (χ3v) is 10.3. The highest BCUT2D eigenvalue weighted by Crippen LogP contribution is 2.48. The molecule has 1 saturated carbocycles. The predicted molar refractivity (Wildman–Crippen MR) is 177 cm³/mol. The Hall–Kier alpha value is -3.52. The number of hydrogen-bond acceptors (Lipinski definition) is 8. The number of nitrogens with two attached hydrogens (primary N) is 1. The summed E-state index contributed by atoms with van der Waals surface area (Å²) in [6.45, 7) is 0.0226. The van der Waals surface area contributed by atoms with Crippen LogP contribution in [-0.2, 0) is 42.2 Å². The lowest BCUT2D eigenvalue weighted by molar-refractivity contribution is -0.140. The molecule has 1 fully saturated rings. The molecule has 11 nitrogen and oxygen atoms in total. The van der Waals surface area contributed by atoms with Crippen LogP contribution in [0.4, 0.5) is 0 Å². The second-order valence-electron chi connectivity index (χ2n) is 11.7. The zero-order chi connectivity index (χ0) is 33.9. The molecule has 1 aliphatic carbocycles. The van der Waals surface area contributed by atoms with Crippen LogP contribution in [0.25, 0.3) is 0 Å². The highest BCUT2D eigenvalue weighted by Gasteiger charge is 2.50. The molecule has 0 unspecified atom stereocenters. The topological polar surface area (TPSA) is 148 Å². The van der Waals surface area contributed by atoms with Crippen LogP contribution < -0.4 is 11.3 Å². The second-order valence-corrected chi connectivity index (χ2v) is 14.5. The van der Waals surface area contributed by atoms with Gasteiger partial charge in [-0.3, -0.25) is 25.1 Å². The first-order valence-corrected chi connectivity index (χ1v) is 17.7. The van der Waals surface area contributed by atoms with Crippen molar-refractivity contribution in [2.24, 2.45) is 5.84 Å². The summed E-state index contributed by atoms with van der Waals surface area (Å²) in [6.07, 6.45) is 3.49. The number of carbonyl (C=O) groups excluding carboxylic acids is 3. The summed E-state index contributed by atoms with van der Waals surface area (Å²) in [5, 5.41) is 0.612. The van der Waals surface area contributed by atoms with Gasteiger partial charge in [0.2, 0.25) is 10.0 Å². The quantitative estimate of drug-likeness (QED) is 0.176. The van der Waals surface area contributed by atoms with E-state index in [1.54, 1.807) is 71.6 Å². The van der Waals surface area contributed by atoms with Gasteiger partial charge in [-0.15, -0.1) is 4.41 Å². The number of methoxy groups -OCH3 is 1. The van der Waals surface area contributed by atoms with Crippen LogP contribution in [0.2, 0.25) is 10.0 Å². The Morgan fingerprint density at radius 2 is 1.68 bits per heavy atom. The molecule has 1 aliphatic heterocycles. The van der Waals surface area contributed by atoms with Gasteiger partial charge in [-0.1, -0.05) is 84.6 Å². The number of fused-ring (bicyclic) bond motifs is 1. The number of benzene rings is 3. The maximum atomic E-state index is 14.4. The molecule has 3 aromatic carbocycles. The van der Waals surface area contributed by atoms with E-state index in [1.165, 1.54) is 7.11 Å². The minimum absolute atomic E-state index is 0.0226.